The summed E-state index contributed by atoms with van der Waals surface area (Å²) in [6.45, 7) is 8.74. The van der Waals surface area contributed by atoms with Gasteiger partial charge in [0, 0.05) is 13.1 Å². The first-order valence-electron chi connectivity index (χ1n) is 8.15. The fourth-order valence-electron chi connectivity index (χ4n) is 2.24. The molecule has 1 aromatic carbocycles. The minimum Gasteiger partial charge on any atom is -0.379 e. The number of morpholine rings is 1. The van der Waals surface area contributed by atoms with E-state index in [-0.39, 0.29) is 0 Å². The maximum atomic E-state index is 5.10. The van der Waals surface area contributed by atoms with Crippen molar-refractivity contribution in [2.24, 2.45) is 0 Å². The van der Waals surface area contributed by atoms with Crippen LogP contribution >= 0.6 is 0 Å². The zero-order valence-electron chi connectivity index (χ0n) is 14.1. The Labute approximate surface area is 130 Å². The van der Waals surface area contributed by atoms with Crippen LogP contribution in [-0.2, 0) is 4.74 Å². The standard InChI is InChI=1S/C7H8.C6H13N.C5H11NO/c2*1-7-5-3-2-4-6-7;1-6-2-4-7-5-3-6/h2-6H,1H3;2-6H2,1H3;2-5H2,1H3. The van der Waals surface area contributed by atoms with E-state index in [1.807, 2.05) is 18.2 Å². The molecule has 0 unspecified atom stereocenters. The Morgan fingerprint density at radius 1 is 0.762 bits per heavy atom. The van der Waals surface area contributed by atoms with E-state index >= 15 is 0 Å². The highest BCUT2D eigenvalue weighted by atomic mass is 16.5. The van der Waals surface area contributed by atoms with E-state index in [1.165, 1.54) is 37.9 Å². The van der Waals surface area contributed by atoms with E-state index in [9.17, 15) is 0 Å². The monoisotopic (exact) mass is 292 g/mol. The van der Waals surface area contributed by atoms with E-state index in [0.717, 1.165) is 26.3 Å². The molecular formula is C18H32N2O. The number of ether oxygens (including phenoxy) is 1. The van der Waals surface area contributed by atoms with Gasteiger partial charge in [0.15, 0.2) is 0 Å². The maximum Gasteiger partial charge on any atom is 0.0594 e. The number of hydrogen-bond acceptors (Lipinski definition) is 3. The smallest absolute Gasteiger partial charge is 0.0594 e. The van der Waals surface area contributed by atoms with Gasteiger partial charge in [0.1, 0.15) is 0 Å². The summed E-state index contributed by atoms with van der Waals surface area (Å²) in [6.07, 6.45) is 4.28. The molecule has 2 fully saturated rings. The minimum atomic E-state index is 0.913. The van der Waals surface area contributed by atoms with Crippen LogP contribution in [0.4, 0.5) is 0 Å². The summed E-state index contributed by atoms with van der Waals surface area (Å²) in [4.78, 5) is 4.66. The summed E-state index contributed by atoms with van der Waals surface area (Å²) in [5, 5.41) is 0. The van der Waals surface area contributed by atoms with Gasteiger partial charge in [0.2, 0.25) is 0 Å². The molecule has 0 aromatic heterocycles. The van der Waals surface area contributed by atoms with Crippen LogP contribution in [0.1, 0.15) is 24.8 Å². The first-order chi connectivity index (χ1) is 10.2. The largest absolute Gasteiger partial charge is 0.379 e. The lowest BCUT2D eigenvalue weighted by molar-refractivity contribution is 0.0503. The Balaban J connectivity index is 0.000000157. The van der Waals surface area contributed by atoms with Crippen LogP contribution in [0.25, 0.3) is 0 Å². The molecular weight excluding hydrogens is 260 g/mol. The van der Waals surface area contributed by atoms with Crippen molar-refractivity contribution in [3.05, 3.63) is 35.9 Å². The van der Waals surface area contributed by atoms with Crippen LogP contribution in [0.2, 0.25) is 0 Å². The Morgan fingerprint density at radius 2 is 1.29 bits per heavy atom. The Kier molecular flexibility index (Phi) is 10.1. The molecule has 21 heavy (non-hydrogen) atoms. The first kappa shape index (κ1) is 18.1. The molecule has 0 N–H and O–H groups in total. The van der Waals surface area contributed by atoms with Crippen molar-refractivity contribution in [1.29, 1.82) is 0 Å². The summed E-state index contributed by atoms with van der Waals surface area (Å²) in [6, 6.07) is 10.3. The Morgan fingerprint density at radius 3 is 1.57 bits per heavy atom. The summed E-state index contributed by atoms with van der Waals surface area (Å²) >= 11 is 0. The number of likely N-dealkylation sites (N-methyl/N-ethyl adjacent to an activating group) is 1. The van der Waals surface area contributed by atoms with Gasteiger partial charge in [-0.2, -0.15) is 0 Å². The Bertz CT molecular complexity index is 314. The second kappa shape index (κ2) is 11.7. The molecule has 0 saturated carbocycles. The van der Waals surface area contributed by atoms with E-state index in [1.54, 1.807) is 0 Å². The molecule has 0 aliphatic carbocycles. The van der Waals surface area contributed by atoms with Gasteiger partial charge in [-0.25, -0.2) is 0 Å². The molecule has 0 atom stereocenters. The van der Waals surface area contributed by atoms with Crippen LogP contribution < -0.4 is 0 Å². The van der Waals surface area contributed by atoms with Gasteiger partial charge in [-0.05, 0) is 47.0 Å². The molecule has 2 aliphatic heterocycles. The van der Waals surface area contributed by atoms with Gasteiger partial charge in [-0.15, -0.1) is 0 Å². The highest BCUT2D eigenvalue weighted by Crippen LogP contribution is 2.04. The van der Waals surface area contributed by atoms with Crippen LogP contribution in [-0.4, -0.2) is 63.3 Å². The summed E-state index contributed by atoms with van der Waals surface area (Å²) < 4.78 is 5.10. The predicted octanol–water partition coefficient (Wildman–Crippen LogP) is 3.05. The van der Waals surface area contributed by atoms with E-state index < -0.39 is 0 Å². The summed E-state index contributed by atoms with van der Waals surface area (Å²) in [5.74, 6) is 0. The lowest BCUT2D eigenvalue weighted by atomic mass is 10.1. The van der Waals surface area contributed by atoms with Crippen molar-refractivity contribution < 1.29 is 4.74 Å². The zero-order chi connectivity index (χ0) is 15.3. The van der Waals surface area contributed by atoms with Crippen molar-refractivity contribution >= 4 is 0 Å². The van der Waals surface area contributed by atoms with Crippen LogP contribution in [0, 0.1) is 6.92 Å². The highest BCUT2D eigenvalue weighted by molar-refractivity contribution is 5.11. The molecule has 2 aliphatic rings. The quantitative estimate of drug-likeness (QED) is 0.731. The fourth-order valence-corrected chi connectivity index (χ4v) is 2.24. The lowest BCUT2D eigenvalue weighted by Gasteiger charge is -2.21. The van der Waals surface area contributed by atoms with E-state index in [0.29, 0.717) is 0 Å². The third kappa shape index (κ3) is 10.5. The second-order valence-electron chi connectivity index (χ2n) is 5.93. The van der Waals surface area contributed by atoms with Gasteiger partial charge >= 0.3 is 0 Å². The Hall–Kier alpha value is -0.900. The molecule has 0 spiro atoms. The van der Waals surface area contributed by atoms with Gasteiger partial charge < -0.3 is 14.5 Å². The molecule has 120 valence electrons. The number of aryl methyl sites for hydroxylation is 1. The molecule has 2 saturated heterocycles. The van der Waals surface area contributed by atoms with Gasteiger partial charge in [0.25, 0.3) is 0 Å². The third-order valence-corrected chi connectivity index (χ3v) is 3.75. The molecule has 0 amide bonds. The molecule has 3 heteroatoms. The molecule has 3 rings (SSSR count). The predicted molar refractivity (Wildman–Crippen MR) is 90.8 cm³/mol. The van der Waals surface area contributed by atoms with Crippen LogP contribution in [0.5, 0.6) is 0 Å². The topological polar surface area (TPSA) is 15.7 Å². The van der Waals surface area contributed by atoms with Crippen molar-refractivity contribution in [3.63, 3.8) is 0 Å². The molecule has 0 radical (unpaired) electrons. The molecule has 2 heterocycles. The fraction of sp³-hybridized carbons (Fsp3) is 0.667. The first-order valence-corrected chi connectivity index (χ1v) is 8.15. The normalized spacial score (nSPS) is 19.8. The number of hydrogen-bond donors (Lipinski definition) is 0. The zero-order valence-corrected chi connectivity index (χ0v) is 14.1. The lowest BCUT2D eigenvalue weighted by Crippen LogP contribution is -2.32. The average molecular weight is 292 g/mol. The molecule has 1 aromatic rings. The van der Waals surface area contributed by atoms with Crippen LogP contribution in [0.15, 0.2) is 30.3 Å². The van der Waals surface area contributed by atoms with Crippen molar-refractivity contribution in [2.75, 3.05) is 53.5 Å². The summed E-state index contributed by atoms with van der Waals surface area (Å²) in [5.41, 5.74) is 1.32. The average Bonchev–Trinajstić information content (AvgIpc) is 2.51. The van der Waals surface area contributed by atoms with Gasteiger partial charge in [0.05, 0.1) is 13.2 Å². The third-order valence-electron chi connectivity index (χ3n) is 3.75. The van der Waals surface area contributed by atoms with Crippen molar-refractivity contribution in [3.8, 4) is 0 Å². The van der Waals surface area contributed by atoms with Crippen molar-refractivity contribution in [2.45, 2.75) is 26.2 Å². The number of likely N-dealkylation sites (tertiary alicyclic amines) is 1. The number of benzene rings is 1. The summed E-state index contributed by atoms with van der Waals surface area (Å²) in [7, 11) is 4.31. The van der Waals surface area contributed by atoms with Crippen LogP contribution in [0.3, 0.4) is 0 Å². The van der Waals surface area contributed by atoms with Gasteiger partial charge in [-0.1, -0.05) is 42.3 Å². The van der Waals surface area contributed by atoms with Crippen molar-refractivity contribution in [1.82, 2.24) is 9.80 Å². The maximum absolute atomic E-state index is 5.10. The highest BCUT2D eigenvalue weighted by Gasteiger charge is 2.02. The number of piperidine rings is 1. The van der Waals surface area contributed by atoms with E-state index in [2.05, 4.69) is 43.0 Å². The van der Waals surface area contributed by atoms with E-state index in [4.69, 9.17) is 4.74 Å². The van der Waals surface area contributed by atoms with Gasteiger partial charge in [-0.3, -0.25) is 0 Å². The number of nitrogens with zero attached hydrogens (tertiary/aromatic N) is 2. The molecule has 3 nitrogen and oxygen atoms in total. The SMILES string of the molecule is CN1CCCCC1.CN1CCOCC1.Cc1ccccc1. The minimum absolute atomic E-state index is 0.913. The molecule has 0 bridgehead atoms. The second-order valence-corrected chi connectivity index (χ2v) is 5.93. The number of rotatable bonds is 0.